The number of hydrogen-bond acceptors (Lipinski definition) is 5. The molecule has 22 heavy (non-hydrogen) atoms. The van der Waals surface area contributed by atoms with Crippen molar-refractivity contribution in [2.24, 2.45) is 13.0 Å². The summed E-state index contributed by atoms with van der Waals surface area (Å²) < 4.78 is 6.94. The van der Waals surface area contributed by atoms with Crippen molar-refractivity contribution in [2.45, 2.75) is 24.8 Å². The second kappa shape index (κ2) is 4.95. The summed E-state index contributed by atoms with van der Waals surface area (Å²) in [5, 5.41) is 14.7. The molecule has 0 unspecified atom stereocenters. The minimum atomic E-state index is -0.165. The molecule has 0 bridgehead atoms. The lowest BCUT2D eigenvalue weighted by atomic mass is 9.90. The second-order valence-corrected chi connectivity index (χ2v) is 6.28. The van der Waals surface area contributed by atoms with E-state index < -0.39 is 0 Å². The molecule has 2 atom stereocenters. The van der Waals surface area contributed by atoms with Crippen LogP contribution in [0.2, 0.25) is 0 Å². The number of aryl methyl sites for hydroxylation is 1. The van der Waals surface area contributed by atoms with Gasteiger partial charge >= 0.3 is 0 Å². The monoisotopic (exact) mass is 301 g/mol. The molecule has 0 aromatic carbocycles. The molecule has 116 valence electrons. The predicted octanol–water partition coefficient (Wildman–Crippen LogP) is 0.947. The number of nitrogens with one attached hydrogen (secondary N) is 2. The van der Waals surface area contributed by atoms with E-state index in [1.54, 1.807) is 10.7 Å². The van der Waals surface area contributed by atoms with Crippen molar-refractivity contribution in [3.63, 3.8) is 0 Å². The quantitative estimate of drug-likeness (QED) is 0.881. The van der Waals surface area contributed by atoms with E-state index >= 15 is 0 Å². The third kappa shape index (κ3) is 2.12. The van der Waals surface area contributed by atoms with Crippen LogP contribution in [0.15, 0.2) is 22.9 Å². The third-order valence-corrected chi connectivity index (χ3v) is 4.86. The fourth-order valence-corrected chi connectivity index (χ4v) is 3.69. The van der Waals surface area contributed by atoms with Crippen LogP contribution in [0.1, 0.15) is 29.8 Å². The molecule has 7 heteroatoms. The number of fused-ring (bicyclic) bond motifs is 1. The van der Waals surface area contributed by atoms with Crippen molar-refractivity contribution in [2.75, 3.05) is 13.1 Å². The van der Waals surface area contributed by atoms with Gasteiger partial charge in [0, 0.05) is 32.4 Å². The molecule has 0 radical (unpaired) electrons. The van der Waals surface area contributed by atoms with Gasteiger partial charge in [-0.3, -0.25) is 9.48 Å². The third-order valence-electron chi connectivity index (χ3n) is 4.86. The van der Waals surface area contributed by atoms with E-state index in [0.717, 1.165) is 19.5 Å². The number of nitrogens with zero attached hydrogens (tertiary/aromatic N) is 3. The van der Waals surface area contributed by atoms with Gasteiger partial charge in [-0.25, -0.2) is 0 Å². The normalized spacial score (nSPS) is 27.0. The highest BCUT2D eigenvalue weighted by atomic mass is 16.5. The Balaban J connectivity index is 1.53. The van der Waals surface area contributed by atoms with Gasteiger partial charge in [-0.05, 0) is 24.8 Å². The Morgan fingerprint density at radius 2 is 2.50 bits per heavy atom. The first kappa shape index (κ1) is 13.5. The number of amides is 1. The summed E-state index contributed by atoms with van der Waals surface area (Å²) in [5.74, 6) is 0.871. The van der Waals surface area contributed by atoms with Crippen LogP contribution in [0.4, 0.5) is 0 Å². The number of rotatable bonds is 3. The van der Waals surface area contributed by atoms with Gasteiger partial charge in [0.1, 0.15) is 5.69 Å². The first-order valence-electron chi connectivity index (χ1n) is 7.66. The molecule has 2 N–H and O–H groups in total. The van der Waals surface area contributed by atoms with Crippen molar-refractivity contribution in [1.82, 2.24) is 25.6 Å². The summed E-state index contributed by atoms with van der Waals surface area (Å²) >= 11 is 0. The number of carbonyl (C=O) groups excluding carboxylic acids is 1. The summed E-state index contributed by atoms with van der Waals surface area (Å²) in [6.45, 7) is 1.83. The summed E-state index contributed by atoms with van der Waals surface area (Å²) in [7, 11) is 1.83. The van der Waals surface area contributed by atoms with Crippen LogP contribution in [0.5, 0.6) is 0 Å². The lowest BCUT2D eigenvalue weighted by Crippen LogP contribution is -2.51. The Hall–Kier alpha value is -2.15. The largest absolute Gasteiger partial charge is 0.354 e. The van der Waals surface area contributed by atoms with Crippen LogP contribution < -0.4 is 10.6 Å². The zero-order chi connectivity index (χ0) is 15.2. The Morgan fingerprint density at radius 3 is 3.32 bits per heavy atom. The molecular weight excluding hydrogens is 282 g/mol. The minimum absolute atomic E-state index is 0.110. The van der Waals surface area contributed by atoms with E-state index in [1.807, 2.05) is 19.3 Å². The first-order chi connectivity index (χ1) is 10.7. The molecule has 2 aliphatic rings. The summed E-state index contributed by atoms with van der Waals surface area (Å²) in [4.78, 5) is 12.5. The van der Waals surface area contributed by atoms with Crippen LogP contribution in [-0.2, 0) is 7.05 Å². The van der Waals surface area contributed by atoms with Gasteiger partial charge in [-0.1, -0.05) is 11.6 Å². The zero-order valence-corrected chi connectivity index (χ0v) is 12.5. The van der Waals surface area contributed by atoms with Crippen LogP contribution in [0.3, 0.4) is 0 Å². The fraction of sp³-hybridized carbons (Fsp3) is 0.533. The van der Waals surface area contributed by atoms with Gasteiger partial charge in [0.15, 0.2) is 11.5 Å². The van der Waals surface area contributed by atoms with Crippen molar-refractivity contribution in [3.05, 3.63) is 24.0 Å². The summed E-state index contributed by atoms with van der Waals surface area (Å²) in [6.07, 6.45) is 5.20. The molecule has 4 rings (SSSR count). The van der Waals surface area contributed by atoms with Gasteiger partial charge in [0.25, 0.3) is 5.91 Å². The molecule has 1 amide bonds. The Bertz CT molecular complexity index is 694. The average Bonchev–Trinajstić information content (AvgIpc) is 3.19. The van der Waals surface area contributed by atoms with Crippen molar-refractivity contribution in [3.8, 4) is 11.5 Å². The lowest BCUT2D eigenvalue weighted by molar-refractivity contribution is 0.0884. The van der Waals surface area contributed by atoms with E-state index in [4.69, 9.17) is 4.52 Å². The maximum atomic E-state index is 12.5. The number of hydrogen-bond donors (Lipinski definition) is 2. The van der Waals surface area contributed by atoms with Crippen molar-refractivity contribution >= 4 is 5.91 Å². The Morgan fingerprint density at radius 1 is 1.59 bits per heavy atom. The SMILES string of the molecule is Cn1ccc(-c2cc(C(=O)N[C@]34CCC[C@H]3CNC4)no2)n1. The van der Waals surface area contributed by atoms with E-state index in [-0.39, 0.29) is 11.4 Å². The number of aromatic nitrogens is 3. The van der Waals surface area contributed by atoms with E-state index in [0.29, 0.717) is 23.1 Å². The topological polar surface area (TPSA) is 85.0 Å². The maximum Gasteiger partial charge on any atom is 0.273 e. The van der Waals surface area contributed by atoms with Gasteiger partial charge < -0.3 is 15.2 Å². The predicted molar refractivity (Wildman–Crippen MR) is 79.1 cm³/mol. The Labute approximate surface area is 128 Å². The van der Waals surface area contributed by atoms with Crippen LogP contribution in [0, 0.1) is 5.92 Å². The van der Waals surface area contributed by atoms with Crippen molar-refractivity contribution in [1.29, 1.82) is 0 Å². The highest BCUT2D eigenvalue weighted by molar-refractivity contribution is 5.93. The van der Waals surface area contributed by atoms with Crippen molar-refractivity contribution < 1.29 is 9.32 Å². The maximum absolute atomic E-state index is 12.5. The zero-order valence-electron chi connectivity index (χ0n) is 12.5. The van der Waals surface area contributed by atoms with E-state index in [9.17, 15) is 4.79 Å². The highest BCUT2D eigenvalue weighted by Crippen LogP contribution is 2.38. The molecule has 7 nitrogen and oxygen atoms in total. The molecule has 2 aromatic heterocycles. The Kier molecular flexibility index (Phi) is 3.04. The van der Waals surface area contributed by atoms with Gasteiger partial charge in [-0.15, -0.1) is 0 Å². The molecule has 2 fully saturated rings. The number of carbonyl (C=O) groups is 1. The molecule has 1 saturated heterocycles. The van der Waals surface area contributed by atoms with Crippen LogP contribution in [0.25, 0.3) is 11.5 Å². The van der Waals surface area contributed by atoms with E-state index in [1.165, 1.54) is 12.8 Å². The lowest BCUT2D eigenvalue weighted by Gasteiger charge is -2.29. The molecule has 2 aromatic rings. The van der Waals surface area contributed by atoms with Gasteiger partial charge in [-0.2, -0.15) is 5.10 Å². The van der Waals surface area contributed by atoms with E-state index in [2.05, 4.69) is 20.9 Å². The molecule has 0 spiro atoms. The van der Waals surface area contributed by atoms with Gasteiger partial charge in [0.2, 0.25) is 0 Å². The molecule has 1 aliphatic heterocycles. The van der Waals surface area contributed by atoms with Crippen LogP contribution >= 0.6 is 0 Å². The molecule has 1 saturated carbocycles. The standard InChI is InChI=1S/C15H19N5O2/c1-20-6-4-11(18-20)13-7-12(19-22-13)14(21)17-15-5-2-3-10(15)8-16-9-15/h4,6-7,10,16H,2-3,5,8-9H2,1H3,(H,17,21)/t10-,15-/m0/s1. The molecule has 3 heterocycles. The summed E-state index contributed by atoms with van der Waals surface area (Å²) in [6, 6.07) is 3.48. The fourth-order valence-electron chi connectivity index (χ4n) is 3.69. The summed E-state index contributed by atoms with van der Waals surface area (Å²) in [5.41, 5.74) is 0.877. The second-order valence-electron chi connectivity index (χ2n) is 6.28. The molecular formula is C15H19N5O2. The van der Waals surface area contributed by atoms with Crippen LogP contribution in [-0.4, -0.2) is 39.5 Å². The molecule has 1 aliphatic carbocycles. The average molecular weight is 301 g/mol. The first-order valence-corrected chi connectivity index (χ1v) is 7.66. The highest BCUT2D eigenvalue weighted by Gasteiger charge is 2.47. The smallest absolute Gasteiger partial charge is 0.273 e. The minimum Gasteiger partial charge on any atom is -0.354 e. The van der Waals surface area contributed by atoms with Gasteiger partial charge in [0.05, 0.1) is 5.54 Å².